The SMILES string of the molecule is O=C(Nc1ccc(F)cc1)c1cnc(S(=O)(=O)O)nc1. The topological polar surface area (TPSA) is 109 Å². The molecule has 2 rings (SSSR count). The molecule has 2 N–H and O–H groups in total. The average molecular weight is 297 g/mol. The van der Waals surface area contributed by atoms with Crippen LogP contribution in [0.4, 0.5) is 10.1 Å². The van der Waals surface area contributed by atoms with Gasteiger partial charge in [0.1, 0.15) is 5.82 Å². The number of carbonyl (C=O) groups is 1. The molecule has 9 heteroatoms. The highest BCUT2D eigenvalue weighted by molar-refractivity contribution is 7.85. The van der Waals surface area contributed by atoms with Gasteiger partial charge in [-0.1, -0.05) is 0 Å². The number of anilines is 1. The van der Waals surface area contributed by atoms with Gasteiger partial charge in [-0.05, 0) is 24.3 Å². The molecule has 0 aliphatic rings. The van der Waals surface area contributed by atoms with E-state index in [9.17, 15) is 17.6 Å². The average Bonchev–Trinajstić information content (AvgIpc) is 2.40. The lowest BCUT2D eigenvalue weighted by atomic mass is 10.2. The van der Waals surface area contributed by atoms with Crippen LogP contribution in [0.3, 0.4) is 0 Å². The van der Waals surface area contributed by atoms with Crippen LogP contribution in [0.2, 0.25) is 0 Å². The number of halogens is 1. The number of hydrogen-bond donors (Lipinski definition) is 2. The number of nitrogens with zero attached hydrogens (tertiary/aromatic N) is 2. The number of aromatic nitrogens is 2. The highest BCUT2D eigenvalue weighted by atomic mass is 32.2. The largest absolute Gasteiger partial charge is 0.330 e. The fourth-order valence-corrected chi connectivity index (χ4v) is 1.67. The molecule has 104 valence electrons. The van der Waals surface area contributed by atoms with Gasteiger partial charge in [-0.25, -0.2) is 14.4 Å². The van der Waals surface area contributed by atoms with E-state index < -0.39 is 27.0 Å². The van der Waals surface area contributed by atoms with Crippen LogP contribution in [0.15, 0.2) is 41.8 Å². The molecule has 0 unspecified atom stereocenters. The third-order valence-corrected chi connectivity index (χ3v) is 2.90. The van der Waals surface area contributed by atoms with Crippen molar-refractivity contribution in [3.63, 3.8) is 0 Å². The van der Waals surface area contributed by atoms with E-state index in [1.165, 1.54) is 24.3 Å². The van der Waals surface area contributed by atoms with Gasteiger partial charge >= 0.3 is 10.1 Å². The van der Waals surface area contributed by atoms with Gasteiger partial charge in [-0.3, -0.25) is 9.35 Å². The van der Waals surface area contributed by atoms with E-state index in [1.54, 1.807) is 0 Å². The third kappa shape index (κ3) is 3.33. The molecule has 0 atom stereocenters. The minimum absolute atomic E-state index is 0.0123. The maximum Gasteiger partial charge on any atom is 0.330 e. The molecule has 0 saturated heterocycles. The van der Waals surface area contributed by atoms with E-state index in [2.05, 4.69) is 15.3 Å². The van der Waals surface area contributed by atoms with E-state index in [0.717, 1.165) is 12.4 Å². The van der Waals surface area contributed by atoms with Gasteiger partial charge in [0.2, 0.25) is 0 Å². The molecule has 1 aromatic heterocycles. The molecule has 2 aromatic rings. The molecule has 1 aromatic carbocycles. The first kappa shape index (κ1) is 14.0. The first-order valence-electron chi connectivity index (χ1n) is 5.23. The maximum atomic E-state index is 12.7. The van der Waals surface area contributed by atoms with Gasteiger partial charge in [0.05, 0.1) is 5.56 Å². The van der Waals surface area contributed by atoms with Crippen LogP contribution in [0.1, 0.15) is 10.4 Å². The van der Waals surface area contributed by atoms with Gasteiger partial charge in [-0.2, -0.15) is 8.42 Å². The summed E-state index contributed by atoms with van der Waals surface area (Å²) in [7, 11) is -4.50. The lowest BCUT2D eigenvalue weighted by Gasteiger charge is -2.04. The predicted molar refractivity (Wildman–Crippen MR) is 66.2 cm³/mol. The predicted octanol–water partition coefficient (Wildman–Crippen LogP) is 1.11. The summed E-state index contributed by atoms with van der Waals surface area (Å²) in [4.78, 5) is 18.5. The summed E-state index contributed by atoms with van der Waals surface area (Å²) in [6, 6.07) is 5.07. The number of benzene rings is 1. The minimum Gasteiger partial charge on any atom is -0.322 e. The number of nitrogens with one attached hydrogen (secondary N) is 1. The zero-order valence-corrected chi connectivity index (χ0v) is 10.6. The Hall–Kier alpha value is -2.39. The van der Waals surface area contributed by atoms with Crippen LogP contribution >= 0.6 is 0 Å². The summed E-state index contributed by atoms with van der Waals surface area (Å²) >= 11 is 0. The van der Waals surface area contributed by atoms with E-state index in [1.807, 2.05) is 0 Å². The Kier molecular flexibility index (Phi) is 3.72. The quantitative estimate of drug-likeness (QED) is 0.649. The fourth-order valence-electron chi connectivity index (χ4n) is 1.30. The molecule has 0 fully saturated rings. The van der Waals surface area contributed by atoms with Crippen molar-refractivity contribution in [3.05, 3.63) is 48.0 Å². The second-order valence-electron chi connectivity index (χ2n) is 3.69. The number of rotatable bonds is 3. The molecule has 7 nitrogen and oxygen atoms in total. The summed E-state index contributed by atoms with van der Waals surface area (Å²) in [6.45, 7) is 0. The molecule has 0 bridgehead atoms. The van der Waals surface area contributed by atoms with E-state index in [-0.39, 0.29) is 5.56 Å². The first-order valence-corrected chi connectivity index (χ1v) is 6.67. The third-order valence-electron chi connectivity index (χ3n) is 2.22. The Morgan fingerprint density at radius 3 is 2.20 bits per heavy atom. The number of hydrogen-bond acceptors (Lipinski definition) is 5. The lowest BCUT2D eigenvalue weighted by Crippen LogP contribution is -2.14. The molecule has 1 amide bonds. The van der Waals surface area contributed by atoms with Crippen molar-refractivity contribution in [2.75, 3.05) is 5.32 Å². The molecular weight excluding hydrogens is 289 g/mol. The van der Waals surface area contributed by atoms with Gasteiger partial charge in [0.25, 0.3) is 11.1 Å². The molecule has 1 heterocycles. The van der Waals surface area contributed by atoms with Crippen molar-refractivity contribution in [2.45, 2.75) is 5.16 Å². The van der Waals surface area contributed by atoms with Crippen LogP contribution in [0, 0.1) is 5.82 Å². The lowest BCUT2D eigenvalue weighted by molar-refractivity contribution is 0.102. The molecule has 20 heavy (non-hydrogen) atoms. The van der Waals surface area contributed by atoms with Crippen molar-refractivity contribution in [2.24, 2.45) is 0 Å². The monoisotopic (exact) mass is 297 g/mol. The van der Waals surface area contributed by atoms with Crippen LogP contribution in [-0.4, -0.2) is 28.8 Å². The van der Waals surface area contributed by atoms with E-state index >= 15 is 0 Å². The Morgan fingerprint density at radius 2 is 1.70 bits per heavy atom. The number of amides is 1. The minimum atomic E-state index is -4.50. The zero-order chi connectivity index (χ0) is 14.8. The van der Waals surface area contributed by atoms with E-state index in [0.29, 0.717) is 5.69 Å². The Morgan fingerprint density at radius 1 is 1.15 bits per heavy atom. The molecule has 0 aliphatic heterocycles. The van der Waals surface area contributed by atoms with Crippen LogP contribution in [0.5, 0.6) is 0 Å². The van der Waals surface area contributed by atoms with Crippen LogP contribution in [-0.2, 0) is 10.1 Å². The van der Waals surface area contributed by atoms with Gasteiger partial charge in [0.15, 0.2) is 0 Å². The molecular formula is C11H8FN3O4S. The number of carbonyl (C=O) groups excluding carboxylic acids is 1. The highest BCUT2D eigenvalue weighted by Gasteiger charge is 2.15. The van der Waals surface area contributed by atoms with E-state index in [4.69, 9.17) is 4.55 Å². The summed E-state index contributed by atoms with van der Waals surface area (Å²) in [5.41, 5.74) is 0.344. The molecule has 0 radical (unpaired) electrons. The van der Waals surface area contributed by atoms with Crippen molar-refractivity contribution < 1.29 is 22.2 Å². The van der Waals surface area contributed by atoms with Gasteiger partial charge < -0.3 is 5.32 Å². The van der Waals surface area contributed by atoms with Crippen LogP contribution in [0.25, 0.3) is 0 Å². The normalized spacial score (nSPS) is 11.1. The van der Waals surface area contributed by atoms with Crippen LogP contribution < -0.4 is 5.32 Å². The summed E-state index contributed by atoms with van der Waals surface area (Å²) in [5.74, 6) is -1.04. The van der Waals surface area contributed by atoms with Crippen molar-refractivity contribution >= 4 is 21.7 Å². The molecule has 0 aliphatic carbocycles. The summed E-state index contributed by atoms with van der Waals surface area (Å²) in [6.07, 6.45) is 1.91. The summed E-state index contributed by atoms with van der Waals surface area (Å²) < 4.78 is 42.8. The van der Waals surface area contributed by atoms with Crippen molar-refractivity contribution in [3.8, 4) is 0 Å². The van der Waals surface area contributed by atoms with Gasteiger partial charge in [-0.15, -0.1) is 0 Å². The first-order chi connectivity index (χ1) is 9.36. The maximum absolute atomic E-state index is 12.7. The Balaban J connectivity index is 2.15. The smallest absolute Gasteiger partial charge is 0.322 e. The van der Waals surface area contributed by atoms with Gasteiger partial charge in [0, 0.05) is 18.1 Å². The Labute approximate surface area is 113 Å². The van der Waals surface area contributed by atoms with Crippen molar-refractivity contribution in [1.82, 2.24) is 9.97 Å². The zero-order valence-electron chi connectivity index (χ0n) is 9.82. The highest BCUT2D eigenvalue weighted by Crippen LogP contribution is 2.10. The summed E-state index contributed by atoms with van der Waals surface area (Å²) in [5, 5.41) is 1.65. The molecule has 0 spiro atoms. The fraction of sp³-hybridized carbons (Fsp3) is 0. The second-order valence-corrected chi connectivity index (χ2v) is 5.01. The Bertz CT molecular complexity index is 729. The molecule has 0 saturated carbocycles. The second kappa shape index (κ2) is 5.31. The standard InChI is InChI=1S/C11H8FN3O4S/c12-8-1-3-9(4-2-8)15-10(16)7-5-13-11(14-6-7)20(17,18)19/h1-6H,(H,15,16)(H,17,18,19). The van der Waals surface area contributed by atoms with Crippen molar-refractivity contribution in [1.29, 1.82) is 0 Å².